The third-order valence-electron chi connectivity index (χ3n) is 5.01. The van der Waals surface area contributed by atoms with E-state index in [0.29, 0.717) is 24.8 Å². The van der Waals surface area contributed by atoms with Crippen LogP contribution in [0.5, 0.6) is 0 Å². The first-order chi connectivity index (χ1) is 12.1. The molecule has 0 saturated carbocycles. The zero-order valence-corrected chi connectivity index (χ0v) is 15.0. The Bertz CT molecular complexity index is 554. The second-order valence-corrected chi connectivity index (χ2v) is 7.02. The fourth-order valence-electron chi connectivity index (χ4n) is 3.36. The number of unbranched alkanes of at least 4 members (excludes halogenated alkanes) is 1. The van der Waals surface area contributed by atoms with Crippen molar-refractivity contribution >= 4 is 11.6 Å². The van der Waals surface area contributed by atoms with Crippen LogP contribution in [-0.2, 0) is 11.2 Å². The number of hydrogen-bond acceptors (Lipinski definition) is 4. The van der Waals surface area contributed by atoms with Gasteiger partial charge in [0.2, 0.25) is 5.91 Å². The Balaban J connectivity index is 1.57. The van der Waals surface area contributed by atoms with Crippen molar-refractivity contribution in [1.29, 1.82) is 0 Å². The lowest BCUT2D eigenvalue weighted by molar-refractivity contribution is -0.384. The lowest BCUT2D eigenvalue weighted by atomic mass is 9.85. The highest BCUT2D eigenvalue weighted by Crippen LogP contribution is 2.22. The van der Waals surface area contributed by atoms with Crippen molar-refractivity contribution in [3.8, 4) is 0 Å². The van der Waals surface area contributed by atoms with Crippen LogP contribution in [0.1, 0.15) is 44.6 Å². The molecule has 0 bridgehead atoms. The number of hydrogen-bond donors (Lipinski definition) is 2. The largest absolute Gasteiger partial charge is 0.356 e. The molecule has 0 spiro atoms. The van der Waals surface area contributed by atoms with Crippen molar-refractivity contribution in [1.82, 2.24) is 10.6 Å². The van der Waals surface area contributed by atoms with Gasteiger partial charge in [-0.2, -0.15) is 0 Å². The summed E-state index contributed by atoms with van der Waals surface area (Å²) in [6, 6.07) is 6.68. The number of aryl methyl sites for hydroxylation is 1. The number of nitrogens with one attached hydrogen (secondary N) is 2. The zero-order chi connectivity index (χ0) is 18.1. The van der Waals surface area contributed by atoms with E-state index < -0.39 is 0 Å². The van der Waals surface area contributed by atoms with E-state index in [9.17, 15) is 14.9 Å². The minimum atomic E-state index is -0.385. The van der Waals surface area contributed by atoms with Gasteiger partial charge in [-0.3, -0.25) is 14.9 Å². The predicted molar refractivity (Wildman–Crippen MR) is 98.4 cm³/mol. The molecule has 0 radical (unpaired) electrons. The summed E-state index contributed by atoms with van der Waals surface area (Å²) in [5, 5.41) is 17.0. The zero-order valence-electron chi connectivity index (χ0n) is 15.0. The minimum absolute atomic E-state index is 0.123. The van der Waals surface area contributed by atoms with Crippen molar-refractivity contribution in [3.05, 3.63) is 39.9 Å². The fourth-order valence-corrected chi connectivity index (χ4v) is 3.36. The van der Waals surface area contributed by atoms with Gasteiger partial charge in [-0.1, -0.05) is 19.1 Å². The molecule has 1 saturated heterocycles. The fraction of sp³-hybridized carbons (Fsp3) is 0.632. The van der Waals surface area contributed by atoms with E-state index in [1.54, 1.807) is 24.3 Å². The van der Waals surface area contributed by atoms with Crippen LogP contribution in [0.25, 0.3) is 0 Å². The Hall–Kier alpha value is -1.95. The minimum Gasteiger partial charge on any atom is -0.356 e. The summed E-state index contributed by atoms with van der Waals surface area (Å²) in [5.41, 5.74) is 1.22. The van der Waals surface area contributed by atoms with Gasteiger partial charge in [0.15, 0.2) is 0 Å². The van der Waals surface area contributed by atoms with Crippen molar-refractivity contribution in [2.75, 3.05) is 19.6 Å². The SMILES string of the molecule is CC(CC(=O)NCCCCc1ccc([N+](=O)[O-])cc1)C1CCCNC1. The van der Waals surface area contributed by atoms with E-state index >= 15 is 0 Å². The van der Waals surface area contributed by atoms with E-state index in [1.165, 1.54) is 12.8 Å². The van der Waals surface area contributed by atoms with E-state index in [1.807, 2.05) is 0 Å². The summed E-state index contributed by atoms with van der Waals surface area (Å²) in [5.74, 6) is 1.18. The molecule has 1 fully saturated rings. The topological polar surface area (TPSA) is 84.3 Å². The van der Waals surface area contributed by atoms with Crippen molar-refractivity contribution in [2.45, 2.75) is 45.4 Å². The highest BCUT2D eigenvalue weighted by atomic mass is 16.6. The van der Waals surface area contributed by atoms with Crippen molar-refractivity contribution in [2.24, 2.45) is 11.8 Å². The normalized spacial score (nSPS) is 18.5. The number of rotatable bonds is 9. The van der Waals surface area contributed by atoms with Crippen LogP contribution in [0, 0.1) is 22.0 Å². The number of nitro groups is 1. The Morgan fingerprint density at radius 1 is 1.36 bits per heavy atom. The molecule has 0 aliphatic carbocycles. The molecule has 2 atom stereocenters. The molecule has 6 heteroatoms. The maximum Gasteiger partial charge on any atom is 0.269 e. The van der Waals surface area contributed by atoms with Gasteiger partial charge >= 0.3 is 0 Å². The number of amides is 1. The molecule has 0 aromatic heterocycles. The van der Waals surface area contributed by atoms with Crippen molar-refractivity contribution < 1.29 is 9.72 Å². The van der Waals surface area contributed by atoms with E-state index in [-0.39, 0.29) is 16.5 Å². The molecule has 1 aromatic carbocycles. The summed E-state index contributed by atoms with van der Waals surface area (Å²) in [7, 11) is 0. The van der Waals surface area contributed by atoms with Gasteiger partial charge in [-0.15, -0.1) is 0 Å². The maximum absolute atomic E-state index is 12.0. The maximum atomic E-state index is 12.0. The number of nitro benzene ring substituents is 1. The first kappa shape index (κ1) is 19.4. The first-order valence-electron chi connectivity index (χ1n) is 9.27. The van der Waals surface area contributed by atoms with Crippen LogP contribution >= 0.6 is 0 Å². The molecule has 1 aliphatic heterocycles. The molecule has 1 heterocycles. The Morgan fingerprint density at radius 2 is 2.12 bits per heavy atom. The van der Waals surface area contributed by atoms with Crippen molar-refractivity contribution in [3.63, 3.8) is 0 Å². The van der Waals surface area contributed by atoms with E-state index in [0.717, 1.165) is 37.9 Å². The summed E-state index contributed by atoms with van der Waals surface area (Å²) < 4.78 is 0. The molecular weight excluding hydrogens is 318 g/mol. The van der Waals surface area contributed by atoms with Crippen LogP contribution < -0.4 is 10.6 Å². The first-order valence-corrected chi connectivity index (χ1v) is 9.27. The van der Waals surface area contributed by atoms with Crippen LogP contribution in [0.15, 0.2) is 24.3 Å². The second-order valence-electron chi connectivity index (χ2n) is 7.02. The highest BCUT2D eigenvalue weighted by molar-refractivity contribution is 5.76. The van der Waals surface area contributed by atoms with Crippen LogP contribution in [0.2, 0.25) is 0 Å². The van der Waals surface area contributed by atoms with Gasteiger partial charge in [0.05, 0.1) is 4.92 Å². The second kappa shape index (κ2) is 10.1. The third kappa shape index (κ3) is 6.82. The summed E-state index contributed by atoms with van der Waals surface area (Å²) in [4.78, 5) is 22.3. The molecule has 2 N–H and O–H groups in total. The monoisotopic (exact) mass is 347 g/mol. The van der Waals surface area contributed by atoms with Crippen LogP contribution in [0.3, 0.4) is 0 Å². The molecule has 2 rings (SSSR count). The summed E-state index contributed by atoms with van der Waals surface area (Å²) in [6.07, 6.45) is 5.78. The van der Waals surface area contributed by atoms with Gasteiger partial charge in [0, 0.05) is 25.1 Å². The number of carbonyl (C=O) groups excluding carboxylic acids is 1. The Morgan fingerprint density at radius 3 is 2.76 bits per heavy atom. The highest BCUT2D eigenvalue weighted by Gasteiger charge is 2.21. The molecule has 138 valence electrons. The lowest BCUT2D eigenvalue weighted by Crippen LogP contribution is -2.35. The van der Waals surface area contributed by atoms with E-state index in [4.69, 9.17) is 0 Å². The van der Waals surface area contributed by atoms with Gasteiger partial charge in [0.25, 0.3) is 5.69 Å². The van der Waals surface area contributed by atoms with Gasteiger partial charge in [-0.05, 0) is 62.6 Å². The number of benzene rings is 1. The van der Waals surface area contributed by atoms with Crippen LogP contribution in [-0.4, -0.2) is 30.5 Å². The number of nitrogens with zero attached hydrogens (tertiary/aromatic N) is 1. The molecule has 1 amide bonds. The molecule has 1 aromatic rings. The third-order valence-corrected chi connectivity index (χ3v) is 5.01. The van der Waals surface area contributed by atoms with Gasteiger partial charge < -0.3 is 10.6 Å². The molecule has 25 heavy (non-hydrogen) atoms. The predicted octanol–water partition coefficient (Wildman–Crippen LogP) is 3.06. The number of non-ortho nitro benzene ring substituents is 1. The average molecular weight is 347 g/mol. The average Bonchev–Trinajstić information content (AvgIpc) is 2.62. The number of piperidine rings is 1. The van der Waals surface area contributed by atoms with Crippen LogP contribution in [0.4, 0.5) is 5.69 Å². The van der Waals surface area contributed by atoms with Gasteiger partial charge in [0.1, 0.15) is 0 Å². The molecular formula is C19H29N3O3. The molecule has 1 aliphatic rings. The van der Waals surface area contributed by atoms with Gasteiger partial charge in [-0.25, -0.2) is 0 Å². The summed E-state index contributed by atoms with van der Waals surface area (Å²) in [6.45, 7) is 5.00. The molecule has 2 unspecified atom stereocenters. The smallest absolute Gasteiger partial charge is 0.269 e. The summed E-state index contributed by atoms with van der Waals surface area (Å²) >= 11 is 0. The standard InChI is InChI=1S/C19H29N3O3/c1-15(17-6-4-11-20-14-17)13-19(23)21-12-3-2-5-16-7-9-18(10-8-16)22(24)25/h7-10,15,17,20H,2-6,11-14H2,1H3,(H,21,23). The Labute approximate surface area is 149 Å². The van der Waals surface area contributed by atoms with E-state index in [2.05, 4.69) is 17.6 Å². The lowest BCUT2D eigenvalue weighted by Gasteiger charge is -2.28. The quantitative estimate of drug-likeness (QED) is 0.408. The Kier molecular flexibility index (Phi) is 7.85. The number of carbonyl (C=O) groups is 1. The molecule has 6 nitrogen and oxygen atoms in total.